The highest BCUT2D eigenvalue weighted by Gasteiger charge is 2.34. The van der Waals surface area contributed by atoms with Crippen molar-refractivity contribution in [3.05, 3.63) is 89.4 Å². The Morgan fingerprint density at radius 1 is 1.00 bits per heavy atom. The third kappa shape index (κ3) is 3.27. The molecule has 0 saturated carbocycles. The van der Waals surface area contributed by atoms with Crippen molar-refractivity contribution in [3.63, 3.8) is 0 Å². The number of hydrogen-bond donors (Lipinski definition) is 1. The largest absolute Gasteiger partial charge is 0.418 e. The molecule has 0 aliphatic carbocycles. The van der Waals surface area contributed by atoms with E-state index in [9.17, 15) is 18.0 Å². The van der Waals surface area contributed by atoms with E-state index in [1.165, 1.54) is 36.0 Å². The van der Waals surface area contributed by atoms with Crippen molar-refractivity contribution in [3.8, 4) is 28.2 Å². The molecule has 5 rings (SSSR count). The summed E-state index contributed by atoms with van der Waals surface area (Å²) >= 11 is 0. The summed E-state index contributed by atoms with van der Waals surface area (Å²) in [6, 6.07) is 12.4. The molecule has 0 aliphatic rings. The topological polar surface area (TPSA) is 68.5 Å². The van der Waals surface area contributed by atoms with Crippen LogP contribution in [0.15, 0.2) is 78.1 Å². The molecule has 6 nitrogen and oxygen atoms in total. The van der Waals surface area contributed by atoms with Crippen LogP contribution in [0.5, 0.6) is 0 Å². The number of nitrogens with zero attached hydrogens (tertiary/aromatic N) is 4. The van der Waals surface area contributed by atoms with Crippen LogP contribution < -0.4 is 5.69 Å². The fraction of sp³-hybridized carbons (Fsp3) is 0.0870. The molecule has 0 aliphatic heterocycles. The Labute approximate surface area is 179 Å². The van der Waals surface area contributed by atoms with Gasteiger partial charge in [-0.25, -0.2) is 9.78 Å². The number of rotatable bonds is 3. The molecule has 0 bridgehead atoms. The normalized spacial score (nSPS) is 11.9. The quantitative estimate of drug-likeness (QED) is 0.443. The minimum Gasteiger partial charge on any atom is -0.346 e. The van der Waals surface area contributed by atoms with Gasteiger partial charge in [0.2, 0.25) is 0 Å². The number of imidazole rings is 1. The van der Waals surface area contributed by atoms with Crippen molar-refractivity contribution in [2.24, 2.45) is 7.05 Å². The maximum atomic E-state index is 13.6. The lowest BCUT2D eigenvalue weighted by Crippen LogP contribution is -2.24. The van der Waals surface area contributed by atoms with Gasteiger partial charge in [0.05, 0.1) is 22.6 Å². The third-order valence-corrected chi connectivity index (χ3v) is 5.26. The number of H-pyrrole nitrogens is 1. The molecule has 9 heteroatoms. The van der Waals surface area contributed by atoms with Crippen molar-refractivity contribution in [1.82, 2.24) is 24.1 Å². The van der Waals surface area contributed by atoms with Crippen LogP contribution in [0.25, 0.3) is 39.2 Å². The standard InChI is InChI=1S/C23H16F3N5O/c1-30-13-20(31(22(30)32)19-5-3-2-4-17(19)23(24,25)26)18-11-14(6-8-27-18)16-10-15-7-9-28-21(15)29-12-16/h2-13H,1H3,(H,28,29). The molecule has 0 unspecified atom stereocenters. The third-order valence-electron chi connectivity index (χ3n) is 5.26. The first-order valence-corrected chi connectivity index (χ1v) is 9.68. The lowest BCUT2D eigenvalue weighted by Gasteiger charge is -2.15. The van der Waals surface area contributed by atoms with Crippen molar-refractivity contribution < 1.29 is 13.2 Å². The number of aromatic amines is 1. The van der Waals surface area contributed by atoms with Crippen LogP contribution in [0.2, 0.25) is 0 Å². The number of para-hydroxylation sites is 1. The summed E-state index contributed by atoms with van der Waals surface area (Å²) < 4.78 is 43.2. The molecule has 0 atom stereocenters. The van der Waals surface area contributed by atoms with Gasteiger partial charge in [-0.3, -0.25) is 9.55 Å². The minimum absolute atomic E-state index is 0.247. The number of nitrogens with one attached hydrogen (secondary N) is 1. The van der Waals surface area contributed by atoms with Gasteiger partial charge < -0.3 is 9.55 Å². The lowest BCUT2D eigenvalue weighted by molar-refractivity contribution is -0.137. The summed E-state index contributed by atoms with van der Waals surface area (Å²) in [5, 5.41) is 0.927. The number of halogens is 3. The maximum Gasteiger partial charge on any atom is 0.418 e. The highest BCUT2D eigenvalue weighted by Crippen LogP contribution is 2.35. The first kappa shape index (κ1) is 19.8. The summed E-state index contributed by atoms with van der Waals surface area (Å²) in [5.74, 6) is 0. The number of aryl methyl sites for hydroxylation is 1. The van der Waals surface area contributed by atoms with Gasteiger partial charge in [0.1, 0.15) is 5.65 Å². The molecule has 4 aromatic heterocycles. The Hall–Kier alpha value is -4.14. The second-order valence-electron chi connectivity index (χ2n) is 7.33. The van der Waals surface area contributed by atoms with Crippen LogP contribution in [0, 0.1) is 0 Å². The zero-order valence-corrected chi connectivity index (χ0v) is 16.8. The van der Waals surface area contributed by atoms with E-state index in [0.717, 1.165) is 32.8 Å². The summed E-state index contributed by atoms with van der Waals surface area (Å²) in [4.78, 5) is 24.6. The SMILES string of the molecule is Cn1cc(-c2cc(-c3cnc4[nH]ccc4c3)ccn2)n(-c2ccccc2C(F)(F)F)c1=O. The van der Waals surface area contributed by atoms with E-state index in [2.05, 4.69) is 15.0 Å². The highest BCUT2D eigenvalue weighted by molar-refractivity contribution is 5.82. The first-order chi connectivity index (χ1) is 15.3. The Bertz CT molecular complexity index is 1510. The second-order valence-corrected chi connectivity index (χ2v) is 7.33. The maximum absolute atomic E-state index is 13.6. The average Bonchev–Trinajstić information content (AvgIpc) is 3.37. The molecule has 160 valence electrons. The molecule has 1 N–H and O–H groups in total. The molecular weight excluding hydrogens is 419 g/mol. The van der Waals surface area contributed by atoms with Crippen molar-refractivity contribution in [1.29, 1.82) is 0 Å². The fourth-order valence-electron chi connectivity index (χ4n) is 3.73. The molecular formula is C23H16F3N5O. The smallest absolute Gasteiger partial charge is 0.346 e. The van der Waals surface area contributed by atoms with Crippen LogP contribution in [0.3, 0.4) is 0 Å². The molecule has 32 heavy (non-hydrogen) atoms. The monoisotopic (exact) mass is 435 g/mol. The zero-order valence-electron chi connectivity index (χ0n) is 16.8. The Morgan fingerprint density at radius 2 is 1.81 bits per heavy atom. The lowest BCUT2D eigenvalue weighted by atomic mass is 10.1. The molecule has 1 aromatic carbocycles. The first-order valence-electron chi connectivity index (χ1n) is 9.68. The van der Waals surface area contributed by atoms with Crippen molar-refractivity contribution in [2.75, 3.05) is 0 Å². The predicted octanol–water partition coefficient (Wildman–Crippen LogP) is 4.80. The second kappa shape index (κ2) is 7.23. The molecule has 0 saturated heterocycles. The van der Waals surface area contributed by atoms with Gasteiger partial charge in [0.25, 0.3) is 0 Å². The zero-order chi connectivity index (χ0) is 22.5. The number of aromatic nitrogens is 5. The van der Waals surface area contributed by atoms with Crippen molar-refractivity contribution >= 4 is 11.0 Å². The van der Waals surface area contributed by atoms with Crippen LogP contribution >= 0.6 is 0 Å². The summed E-state index contributed by atoms with van der Waals surface area (Å²) in [5.41, 5.74) is 1.23. The average molecular weight is 435 g/mol. The summed E-state index contributed by atoms with van der Waals surface area (Å²) in [6.07, 6.45) is 1.92. The number of pyridine rings is 2. The fourth-order valence-corrected chi connectivity index (χ4v) is 3.73. The van der Waals surface area contributed by atoms with E-state index < -0.39 is 17.4 Å². The van der Waals surface area contributed by atoms with E-state index in [-0.39, 0.29) is 11.4 Å². The van der Waals surface area contributed by atoms with Crippen LogP contribution in [0.4, 0.5) is 13.2 Å². The van der Waals surface area contributed by atoms with Crippen LogP contribution in [-0.4, -0.2) is 24.1 Å². The number of alkyl halides is 3. The molecule has 0 radical (unpaired) electrons. The molecule has 4 heterocycles. The predicted molar refractivity (Wildman–Crippen MR) is 114 cm³/mol. The van der Waals surface area contributed by atoms with E-state index in [1.807, 2.05) is 12.1 Å². The van der Waals surface area contributed by atoms with Gasteiger partial charge in [0.15, 0.2) is 0 Å². The molecule has 0 spiro atoms. The van der Waals surface area contributed by atoms with E-state index >= 15 is 0 Å². The van der Waals surface area contributed by atoms with Gasteiger partial charge >= 0.3 is 11.9 Å². The molecule has 0 fully saturated rings. The number of benzene rings is 1. The van der Waals surface area contributed by atoms with E-state index in [4.69, 9.17) is 0 Å². The van der Waals surface area contributed by atoms with Gasteiger partial charge in [-0.05, 0) is 42.0 Å². The number of hydrogen-bond acceptors (Lipinski definition) is 3. The number of fused-ring (bicyclic) bond motifs is 1. The Morgan fingerprint density at radius 3 is 2.62 bits per heavy atom. The van der Waals surface area contributed by atoms with Crippen LogP contribution in [0.1, 0.15) is 5.56 Å². The summed E-state index contributed by atoms with van der Waals surface area (Å²) in [6.45, 7) is 0. The van der Waals surface area contributed by atoms with Gasteiger partial charge in [-0.1, -0.05) is 12.1 Å². The highest BCUT2D eigenvalue weighted by atomic mass is 19.4. The van der Waals surface area contributed by atoms with Gasteiger partial charge in [-0.15, -0.1) is 0 Å². The van der Waals surface area contributed by atoms with Crippen molar-refractivity contribution in [2.45, 2.75) is 6.18 Å². The minimum atomic E-state index is -4.62. The summed E-state index contributed by atoms with van der Waals surface area (Å²) in [7, 11) is 1.49. The Balaban J connectivity index is 1.69. The Kier molecular flexibility index (Phi) is 4.47. The molecule has 5 aromatic rings. The molecule has 0 amide bonds. The van der Waals surface area contributed by atoms with Gasteiger partial charge in [0, 0.05) is 42.8 Å². The van der Waals surface area contributed by atoms with E-state index in [1.54, 1.807) is 30.7 Å². The van der Waals surface area contributed by atoms with Gasteiger partial charge in [-0.2, -0.15) is 13.2 Å². The van der Waals surface area contributed by atoms with Crippen LogP contribution in [-0.2, 0) is 13.2 Å². The van der Waals surface area contributed by atoms with E-state index in [0.29, 0.717) is 5.69 Å².